The molecule has 2 aliphatic heterocycles. The van der Waals surface area contributed by atoms with E-state index in [1.54, 1.807) is 7.05 Å². The molecule has 102 valence electrons. The molecule has 5 nitrogen and oxygen atoms in total. The molecule has 6 heteroatoms. The molecular formula is C12H21N3O2S. The van der Waals surface area contributed by atoms with Crippen molar-refractivity contribution in [1.29, 1.82) is 0 Å². The van der Waals surface area contributed by atoms with Gasteiger partial charge in [-0.1, -0.05) is 6.42 Å². The first-order chi connectivity index (χ1) is 8.63. The van der Waals surface area contributed by atoms with E-state index in [0.717, 1.165) is 25.0 Å². The van der Waals surface area contributed by atoms with Crippen LogP contribution in [0.25, 0.3) is 0 Å². The van der Waals surface area contributed by atoms with Crippen LogP contribution in [-0.4, -0.2) is 54.0 Å². The number of likely N-dealkylation sites (N-methyl/N-ethyl adjacent to an activating group) is 1. The topological polar surface area (TPSA) is 61.4 Å². The van der Waals surface area contributed by atoms with Crippen LogP contribution in [0.15, 0.2) is 0 Å². The summed E-state index contributed by atoms with van der Waals surface area (Å²) >= 11 is 1.95. The Morgan fingerprint density at radius 1 is 1.56 bits per heavy atom. The van der Waals surface area contributed by atoms with Gasteiger partial charge in [-0.25, -0.2) is 4.79 Å². The van der Waals surface area contributed by atoms with Crippen molar-refractivity contribution in [2.24, 2.45) is 0 Å². The van der Waals surface area contributed by atoms with Crippen LogP contribution in [0, 0.1) is 0 Å². The van der Waals surface area contributed by atoms with Crippen molar-refractivity contribution >= 4 is 23.7 Å². The summed E-state index contributed by atoms with van der Waals surface area (Å²) in [5, 5.41) is 6.21. The number of carbonyl (C=O) groups excluding carboxylic acids is 2. The summed E-state index contributed by atoms with van der Waals surface area (Å²) < 4.78 is 0. The van der Waals surface area contributed by atoms with E-state index in [-0.39, 0.29) is 11.9 Å². The molecule has 2 saturated heterocycles. The van der Waals surface area contributed by atoms with Crippen molar-refractivity contribution in [1.82, 2.24) is 15.5 Å². The van der Waals surface area contributed by atoms with Crippen LogP contribution in [0.5, 0.6) is 0 Å². The van der Waals surface area contributed by atoms with Crippen molar-refractivity contribution in [2.45, 2.75) is 43.0 Å². The van der Waals surface area contributed by atoms with Crippen LogP contribution in [0.1, 0.15) is 25.7 Å². The van der Waals surface area contributed by atoms with Gasteiger partial charge in [-0.3, -0.25) is 4.79 Å². The predicted molar refractivity (Wildman–Crippen MR) is 72.7 cm³/mol. The maximum Gasteiger partial charge on any atom is 0.317 e. The third kappa shape index (κ3) is 2.74. The molecule has 2 fully saturated rings. The number of unbranched alkanes of at least 4 members (excludes halogenated alkanes) is 1. The average molecular weight is 271 g/mol. The van der Waals surface area contributed by atoms with Gasteiger partial charge in [-0.15, -0.1) is 0 Å². The summed E-state index contributed by atoms with van der Waals surface area (Å²) in [6, 6.07) is 0.708. The van der Waals surface area contributed by atoms with E-state index in [1.807, 2.05) is 23.7 Å². The third-order valence-corrected chi connectivity index (χ3v) is 5.32. The molecule has 0 radical (unpaired) electrons. The van der Waals surface area contributed by atoms with Gasteiger partial charge in [0.15, 0.2) is 0 Å². The molecule has 2 N–H and O–H groups in total. The second kappa shape index (κ2) is 5.82. The first-order valence-corrected chi connectivity index (χ1v) is 7.54. The van der Waals surface area contributed by atoms with E-state index in [0.29, 0.717) is 23.8 Å². The van der Waals surface area contributed by atoms with E-state index in [4.69, 9.17) is 0 Å². The SMILES string of the molecule is CNC(=O)CCCC[C@@H]1SC[C@H]2[C@@H]1NC(=O)N2C. The highest BCUT2D eigenvalue weighted by Gasteiger charge is 2.45. The predicted octanol–water partition coefficient (Wildman–Crippen LogP) is 0.800. The third-order valence-electron chi connectivity index (χ3n) is 3.83. The van der Waals surface area contributed by atoms with Crippen molar-refractivity contribution in [3.63, 3.8) is 0 Å². The van der Waals surface area contributed by atoms with E-state index in [9.17, 15) is 9.59 Å². The molecule has 2 heterocycles. The Balaban J connectivity index is 1.72. The Labute approximate surface area is 112 Å². The molecular weight excluding hydrogens is 250 g/mol. The van der Waals surface area contributed by atoms with Crippen LogP contribution in [0.4, 0.5) is 4.79 Å². The van der Waals surface area contributed by atoms with Gasteiger partial charge in [0.2, 0.25) is 5.91 Å². The number of carbonyl (C=O) groups is 2. The van der Waals surface area contributed by atoms with Gasteiger partial charge in [-0.05, 0) is 12.8 Å². The molecule has 0 bridgehead atoms. The van der Waals surface area contributed by atoms with Gasteiger partial charge in [0.25, 0.3) is 0 Å². The number of fused-ring (bicyclic) bond motifs is 1. The Kier molecular flexibility index (Phi) is 4.37. The Morgan fingerprint density at radius 3 is 3.06 bits per heavy atom. The Morgan fingerprint density at radius 2 is 2.33 bits per heavy atom. The zero-order chi connectivity index (χ0) is 13.1. The van der Waals surface area contributed by atoms with E-state index in [2.05, 4.69) is 10.6 Å². The van der Waals surface area contributed by atoms with Gasteiger partial charge < -0.3 is 15.5 Å². The first-order valence-electron chi connectivity index (χ1n) is 6.49. The number of hydrogen-bond donors (Lipinski definition) is 2. The zero-order valence-corrected chi connectivity index (χ0v) is 11.8. The first kappa shape index (κ1) is 13.5. The largest absolute Gasteiger partial charge is 0.359 e. The smallest absolute Gasteiger partial charge is 0.317 e. The summed E-state index contributed by atoms with van der Waals surface area (Å²) in [6.07, 6.45) is 3.66. The monoisotopic (exact) mass is 271 g/mol. The molecule has 0 aromatic rings. The number of nitrogens with zero attached hydrogens (tertiary/aromatic N) is 1. The van der Waals surface area contributed by atoms with Crippen LogP contribution in [0.3, 0.4) is 0 Å². The van der Waals surface area contributed by atoms with Crippen molar-refractivity contribution in [3.8, 4) is 0 Å². The lowest BCUT2D eigenvalue weighted by molar-refractivity contribution is -0.120. The second-order valence-electron chi connectivity index (χ2n) is 4.94. The standard InChI is InChI=1S/C12H21N3O2S/c1-13-10(16)6-4-3-5-9-11-8(7-18-9)15(2)12(17)14-11/h8-9,11H,3-7H2,1-2H3,(H,13,16)(H,14,17)/t8-,9-,11-/m0/s1. The molecule has 0 saturated carbocycles. The molecule has 3 atom stereocenters. The highest BCUT2D eigenvalue weighted by molar-refractivity contribution is 8.00. The molecule has 0 aliphatic carbocycles. The number of rotatable bonds is 5. The van der Waals surface area contributed by atoms with Crippen LogP contribution in [0.2, 0.25) is 0 Å². The number of nitrogens with one attached hydrogen (secondary N) is 2. The van der Waals surface area contributed by atoms with E-state index in [1.165, 1.54) is 0 Å². The van der Waals surface area contributed by atoms with Gasteiger partial charge >= 0.3 is 6.03 Å². The van der Waals surface area contributed by atoms with Crippen LogP contribution < -0.4 is 10.6 Å². The molecule has 2 rings (SSSR count). The lowest BCUT2D eigenvalue weighted by Crippen LogP contribution is -2.37. The number of amides is 3. The maximum atomic E-state index is 11.5. The molecule has 3 amide bonds. The highest BCUT2D eigenvalue weighted by Crippen LogP contribution is 2.36. The number of hydrogen-bond acceptors (Lipinski definition) is 3. The van der Waals surface area contributed by atoms with Crippen LogP contribution >= 0.6 is 11.8 Å². The molecule has 0 aromatic heterocycles. The van der Waals surface area contributed by atoms with Gasteiger partial charge in [0.05, 0.1) is 12.1 Å². The highest BCUT2D eigenvalue weighted by atomic mass is 32.2. The number of thioether (sulfide) groups is 1. The zero-order valence-electron chi connectivity index (χ0n) is 10.9. The van der Waals surface area contributed by atoms with Crippen molar-refractivity contribution < 1.29 is 9.59 Å². The average Bonchev–Trinajstić information content (AvgIpc) is 2.87. The summed E-state index contributed by atoms with van der Waals surface area (Å²) in [4.78, 5) is 24.5. The summed E-state index contributed by atoms with van der Waals surface area (Å²) in [6.45, 7) is 0. The molecule has 18 heavy (non-hydrogen) atoms. The Bertz CT molecular complexity index is 337. The van der Waals surface area contributed by atoms with Crippen LogP contribution in [-0.2, 0) is 4.79 Å². The van der Waals surface area contributed by atoms with E-state index >= 15 is 0 Å². The summed E-state index contributed by atoms with van der Waals surface area (Å²) in [5.41, 5.74) is 0. The number of urea groups is 1. The lowest BCUT2D eigenvalue weighted by atomic mass is 10.0. The molecule has 2 aliphatic rings. The molecule has 0 spiro atoms. The fraction of sp³-hybridized carbons (Fsp3) is 0.833. The summed E-state index contributed by atoms with van der Waals surface area (Å²) in [5.74, 6) is 1.14. The van der Waals surface area contributed by atoms with Gasteiger partial charge in [0, 0.05) is 31.5 Å². The fourth-order valence-electron chi connectivity index (χ4n) is 2.63. The Hall–Kier alpha value is -0.910. The second-order valence-corrected chi connectivity index (χ2v) is 6.22. The lowest BCUT2D eigenvalue weighted by Gasteiger charge is -2.17. The van der Waals surface area contributed by atoms with Crippen molar-refractivity contribution in [2.75, 3.05) is 19.8 Å². The maximum absolute atomic E-state index is 11.5. The molecule has 0 aromatic carbocycles. The van der Waals surface area contributed by atoms with Crippen molar-refractivity contribution in [3.05, 3.63) is 0 Å². The minimum Gasteiger partial charge on any atom is -0.359 e. The quantitative estimate of drug-likeness (QED) is 0.574. The minimum atomic E-state index is 0.0562. The normalized spacial score (nSPS) is 30.2. The fourth-order valence-corrected chi connectivity index (χ4v) is 4.30. The van der Waals surface area contributed by atoms with Gasteiger partial charge in [0.1, 0.15) is 0 Å². The summed E-state index contributed by atoms with van der Waals surface area (Å²) in [7, 11) is 3.54. The molecule has 0 unspecified atom stereocenters. The minimum absolute atomic E-state index is 0.0562. The van der Waals surface area contributed by atoms with E-state index < -0.39 is 0 Å². The van der Waals surface area contributed by atoms with Gasteiger partial charge in [-0.2, -0.15) is 11.8 Å².